The molecule has 3 heterocycles. The second kappa shape index (κ2) is 8.10. The summed E-state index contributed by atoms with van der Waals surface area (Å²) >= 11 is 0. The van der Waals surface area contributed by atoms with Crippen molar-refractivity contribution < 1.29 is 23.9 Å². The van der Waals surface area contributed by atoms with E-state index in [1.54, 1.807) is 33.9 Å². The third-order valence-corrected chi connectivity index (χ3v) is 6.75. The molecule has 1 fully saturated rings. The van der Waals surface area contributed by atoms with E-state index in [0.29, 0.717) is 55.4 Å². The number of benzene rings is 2. The van der Waals surface area contributed by atoms with Crippen molar-refractivity contribution in [3.05, 3.63) is 53.6 Å². The lowest BCUT2D eigenvalue weighted by Gasteiger charge is -2.48. The molecule has 0 spiro atoms. The lowest BCUT2D eigenvalue weighted by Crippen LogP contribution is -2.62. The van der Waals surface area contributed by atoms with Gasteiger partial charge < -0.3 is 19.3 Å². The van der Waals surface area contributed by atoms with Crippen molar-refractivity contribution >= 4 is 23.4 Å². The van der Waals surface area contributed by atoms with E-state index in [1.807, 2.05) is 37.3 Å². The molecule has 1 saturated heterocycles. The maximum Gasteiger partial charge on any atom is 0.257 e. The Bertz CT molecular complexity index is 1130. The molecular formula is C25H27N3O5. The molecule has 33 heavy (non-hydrogen) atoms. The first-order valence-corrected chi connectivity index (χ1v) is 11.2. The molecule has 0 aliphatic carbocycles. The van der Waals surface area contributed by atoms with Gasteiger partial charge >= 0.3 is 0 Å². The normalized spacial score (nSPS) is 21.0. The standard InChI is InChI=1S/C25H27N3O5/c1-25-11-9-23(30)28(25)19-6-4-3-5-18(19)24(31)27(25)12-10-22(29)26(2)16-17-7-8-20-21(15-17)33-14-13-32-20/h3-8,15H,9-14,16H2,1-2H3/t25-/m1/s1. The van der Waals surface area contributed by atoms with Gasteiger partial charge in [0.15, 0.2) is 11.5 Å². The van der Waals surface area contributed by atoms with E-state index >= 15 is 0 Å². The quantitative estimate of drug-likeness (QED) is 0.701. The van der Waals surface area contributed by atoms with Crippen LogP contribution < -0.4 is 14.4 Å². The number of ether oxygens (including phenoxy) is 2. The van der Waals surface area contributed by atoms with Gasteiger partial charge in [0.1, 0.15) is 18.9 Å². The summed E-state index contributed by atoms with van der Waals surface area (Å²) in [6.45, 7) is 3.63. The van der Waals surface area contributed by atoms with Gasteiger partial charge in [-0.2, -0.15) is 0 Å². The van der Waals surface area contributed by atoms with Crippen molar-refractivity contribution in [2.75, 3.05) is 31.7 Å². The van der Waals surface area contributed by atoms with E-state index in [1.165, 1.54) is 0 Å². The van der Waals surface area contributed by atoms with Crippen LogP contribution in [-0.4, -0.2) is 60.0 Å². The molecule has 3 aliphatic heterocycles. The van der Waals surface area contributed by atoms with Gasteiger partial charge in [0.25, 0.3) is 5.91 Å². The highest BCUT2D eigenvalue weighted by Gasteiger charge is 2.52. The van der Waals surface area contributed by atoms with Crippen molar-refractivity contribution in [1.29, 1.82) is 0 Å². The van der Waals surface area contributed by atoms with Gasteiger partial charge in [-0.05, 0) is 43.2 Å². The van der Waals surface area contributed by atoms with Crippen molar-refractivity contribution in [2.45, 2.75) is 38.4 Å². The number of hydrogen-bond acceptors (Lipinski definition) is 5. The molecule has 3 amide bonds. The van der Waals surface area contributed by atoms with Crippen LogP contribution in [0, 0.1) is 0 Å². The average Bonchev–Trinajstić information content (AvgIpc) is 3.13. The summed E-state index contributed by atoms with van der Waals surface area (Å²) < 4.78 is 11.2. The van der Waals surface area contributed by atoms with Crippen LogP contribution in [0.15, 0.2) is 42.5 Å². The van der Waals surface area contributed by atoms with E-state index in [-0.39, 0.29) is 30.7 Å². The molecular weight excluding hydrogens is 422 g/mol. The van der Waals surface area contributed by atoms with Crippen molar-refractivity contribution in [1.82, 2.24) is 9.80 Å². The van der Waals surface area contributed by atoms with Crippen LogP contribution >= 0.6 is 0 Å². The van der Waals surface area contributed by atoms with Crippen LogP contribution in [0.2, 0.25) is 0 Å². The molecule has 0 N–H and O–H groups in total. The molecule has 8 nitrogen and oxygen atoms in total. The molecule has 1 atom stereocenters. The van der Waals surface area contributed by atoms with Crippen molar-refractivity contribution in [3.63, 3.8) is 0 Å². The van der Waals surface area contributed by atoms with Gasteiger partial charge in [0, 0.05) is 33.0 Å². The number of para-hydroxylation sites is 1. The number of carbonyl (C=O) groups is 3. The lowest BCUT2D eigenvalue weighted by molar-refractivity contribution is -0.130. The zero-order chi connectivity index (χ0) is 23.2. The van der Waals surface area contributed by atoms with Gasteiger partial charge in [0.2, 0.25) is 11.8 Å². The fraction of sp³-hybridized carbons (Fsp3) is 0.400. The Morgan fingerprint density at radius 1 is 1.09 bits per heavy atom. The van der Waals surface area contributed by atoms with Crippen LogP contribution in [0.1, 0.15) is 42.1 Å². The maximum absolute atomic E-state index is 13.3. The van der Waals surface area contributed by atoms with Gasteiger partial charge in [-0.25, -0.2) is 0 Å². The van der Waals surface area contributed by atoms with Gasteiger partial charge in [0.05, 0.1) is 11.3 Å². The molecule has 0 saturated carbocycles. The number of rotatable bonds is 5. The van der Waals surface area contributed by atoms with Crippen LogP contribution in [0.3, 0.4) is 0 Å². The maximum atomic E-state index is 13.3. The monoisotopic (exact) mass is 449 g/mol. The number of hydrogen-bond donors (Lipinski definition) is 0. The zero-order valence-corrected chi connectivity index (χ0v) is 18.9. The molecule has 0 bridgehead atoms. The minimum atomic E-state index is -0.753. The fourth-order valence-corrected chi connectivity index (χ4v) is 4.99. The first-order valence-electron chi connectivity index (χ1n) is 11.2. The van der Waals surface area contributed by atoms with E-state index in [9.17, 15) is 14.4 Å². The summed E-state index contributed by atoms with van der Waals surface area (Å²) in [5.74, 6) is 1.20. The van der Waals surface area contributed by atoms with Crippen molar-refractivity contribution in [2.24, 2.45) is 0 Å². The Morgan fingerprint density at radius 3 is 2.67 bits per heavy atom. The van der Waals surface area contributed by atoms with Crippen LogP contribution in [-0.2, 0) is 16.1 Å². The highest BCUT2D eigenvalue weighted by atomic mass is 16.6. The number of anilines is 1. The van der Waals surface area contributed by atoms with E-state index in [0.717, 1.165) is 5.56 Å². The summed E-state index contributed by atoms with van der Waals surface area (Å²) in [5, 5.41) is 0. The summed E-state index contributed by atoms with van der Waals surface area (Å²) in [6, 6.07) is 12.9. The van der Waals surface area contributed by atoms with Gasteiger partial charge in [-0.15, -0.1) is 0 Å². The van der Waals surface area contributed by atoms with E-state index < -0.39 is 5.66 Å². The Morgan fingerprint density at radius 2 is 1.85 bits per heavy atom. The zero-order valence-electron chi connectivity index (χ0n) is 18.9. The predicted molar refractivity (Wildman–Crippen MR) is 121 cm³/mol. The Labute approximate surface area is 192 Å². The second-order valence-corrected chi connectivity index (χ2v) is 8.90. The Hall–Kier alpha value is -3.55. The van der Waals surface area contributed by atoms with E-state index in [4.69, 9.17) is 9.47 Å². The number of carbonyl (C=O) groups excluding carboxylic acids is 3. The topological polar surface area (TPSA) is 79.4 Å². The third-order valence-electron chi connectivity index (χ3n) is 6.75. The summed E-state index contributed by atoms with van der Waals surface area (Å²) in [6.07, 6.45) is 1.10. The average molecular weight is 450 g/mol. The third kappa shape index (κ3) is 3.59. The Kier molecular flexibility index (Phi) is 5.23. The predicted octanol–water partition coefficient (Wildman–Crippen LogP) is 2.81. The molecule has 3 aliphatic rings. The second-order valence-electron chi connectivity index (χ2n) is 8.90. The molecule has 0 unspecified atom stereocenters. The van der Waals surface area contributed by atoms with E-state index in [2.05, 4.69) is 0 Å². The molecule has 5 rings (SSSR count). The van der Waals surface area contributed by atoms with Crippen LogP contribution in [0.25, 0.3) is 0 Å². The summed E-state index contributed by atoms with van der Waals surface area (Å²) in [5.41, 5.74) is 1.35. The fourth-order valence-electron chi connectivity index (χ4n) is 4.99. The molecule has 2 aromatic carbocycles. The first-order chi connectivity index (χ1) is 15.9. The molecule has 0 radical (unpaired) electrons. The molecule has 0 aromatic heterocycles. The number of nitrogens with zero attached hydrogens (tertiary/aromatic N) is 3. The largest absolute Gasteiger partial charge is 0.486 e. The molecule has 2 aromatic rings. The van der Waals surface area contributed by atoms with Crippen molar-refractivity contribution in [3.8, 4) is 11.5 Å². The Balaban J connectivity index is 1.29. The highest BCUT2D eigenvalue weighted by Crippen LogP contribution is 2.44. The molecule has 8 heteroatoms. The highest BCUT2D eigenvalue weighted by molar-refractivity contribution is 6.10. The van der Waals surface area contributed by atoms with Crippen LogP contribution in [0.4, 0.5) is 5.69 Å². The minimum absolute atomic E-state index is 0.00417. The minimum Gasteiger partial charge on any atom is -0.486 e. The van der Waals surface area contributed by atoms with Crippen LogP contribution in [0.5, 0.6) is 11.5 Å². The SMILES string of the molecule is CN(Cc1ccc2c(c1)OCCO2)C(=O)CCN1C(=O)c2ccccc2N2C(=O)CC[C@]12C. The lowest BCUT2D eigenvalue weighted by atomic mass is 9.98. The van der Waals surface area contributed by atoms with Gasteiger partial charge in [-0.3, -0.25) is 19.3 Å². The van der Waals surface area contributed by atoms with Gasteiger partial charge in [-0.1, -0.05) is 18.2 Å². The summed E-state index contributed by atoms with van der Waals surface area (Å²) in [7, 11) is 1.75. The first kappa shape index (κ1) is 21.3. The molecule has 172 valence electrons. The summed E-state index contributed by atoms with van der Waals surface area (Å²) in [4.78, 5) is 44.0. The number of fused-ring (bicyclic) bond motifs is 4. The number of amides is 3. The smallest absolute Gasteiger partial charge is 0.257 e.